The van der Waals surface area contributed by atoms with Gasteiger partial charge in [0, 0.05) is 57.6 Å². The molecule has 2 aliphatic rings. The average Bonchev–Trinajstić information content (AvgIpc) is 2.70. The lowest BCUT2D eigenvalue weighted by Crippen LogP contribution is -2.52. The number of anilines is 1. The summed E-state index contributed by atoms with van der Waals surface area (Å²) < 4.78 is 5.85. The van der Waals surface area contributed by atoms with Crippen LogP contribution in [0.2, 0.25) is 0 Å². The molecule has 1 aromatic heterocycles. The van der Waals surface area contributed by atoms with Crippen LogP contribution in [0.15, 0.2) is 42.6 Å². The predicted molar refractivity (Wildman–Crippen MR) is 103 cm³/mol. The second kappa shape index (κ2) is 8.01. The smallest absolute Gasteiger partial charge is 0.228 e. The average molecular weight is 353 g/mol. The van der Waals surface area contributed by atoms with Crippen LogP contribution in [0.3, 0.4) is 0 Å². The number of hydrogen-bond acceptors (Lipinski definition) is 6. The Kier molecular flexibility index (Phi) is 5.32. The first-order valence-corrected chi connectivity index (χ1v) is 9.51. The van der Waals surface area contributed by atoms with Gasteiger partial charge >= 0.3 is 0 Å². The summed E-state index contributed by atoms with van der Waals surface area (Å²) in [5.74, 6) is 2.17. The highest BCUT2D eigenvalue weighted by Crippen LogP contribution is 2.24. The van der Waals surface area contributed by atoms with Crippen molar-refractivity contribution in [3.8, 4) is 11.6 Å². The summed E-state index contributed by atoms with van der Waals surface area (Å²) in [6, 6.07) is 12.3. The SMILES string of the molecule is CN1CCN(C2CCN(c3nccc(Oc4ccccc4)n3)CC2)CC1. The number of piperazine rings is 1. The van der Waals surface area contributed by atoms with Gasteiger partial charge in [0.2, 0.25) is 11.8 Å². The van der Waals surface area contributed by atoms with Crippen LogP contribution < -0.4 is 9.64 Å². The lowest BCUT2D eigenvalue weighted by atomic mass is 10.0. The first-order valence-electron chi connectivity index (χ1n) is 9.51. The monoisotopic (exact) mass is 353 g/mol. The molecule has 138 valence electrons. The maximum absolute atomic E-state index is 5.85. The Morgan fingerprint density at radius 3 is 2.38 bits per heavy atom. The molecule has 2 fully saturated rings. The summed E-state index contributed by atoms with van der Waals surface area (Å²) >= 11 is 0. The second-order valence-electron chi connectivity index (χ2n) is 7.17. The first-order chi connectivity index (χ1) is 12.8. The maximum Gasteiger partial charge on any atom is 0.228 e. The number of ether oxygens (including phenoxy) is 1. The van der Waals surface area contributed by atoms with Gasteiger partial charge in [-0.15, -0.1) is 0 Å². The molecular weight excluding hydrogens is 326 g/mol. The van der Waals surface area contributed by atoms with Crippen molar-refractivity contribution in [3.63, 3.8) is 0 Å². The van der Waals surface area contributed by atoms with Crippen LogP contribution in [0.25, 0.3) is 0 Å². The summed E-state index contributed by atoms with van der Waals surface area (Å²) in [5, 5.41) is 0. The van der Waals surface area contributed by atoms with Crippen LogP contribution in [0.1, 0.15) is 12.8 Å². The van der Waals surface area contributed by atoms with Crippen molar-refractivity contribution < 1.29 is 4.74 Å². The fourth-order valence-electron chi connectivity index (χ4n) is 3.77. The maximum atomic E-state index is 5.85. The Labute approximate surface area is 155 Å². The number of likely N-dealkylation sites (N-methyl/N-ethyl adjacent to an activating group) is 1. The van der Waals surface area contributed by atoms with Crippen molar-refractivity contribution in [2.75, 3.05) is 51.2 Å². The van der Waals surface area contributed by atoms with E-state index in [0.29, 0.717) is 11.9 Å². The zero-order valence-electron chi connectivity index (χ0n) is 15.4. The highest BCUT2D eigenvalue weighted by molar-refractivity contribution is 5.34. The highest BCUT2D eigenvalue weighted by Gasteiger charge is 2.27. The molecular formula is C20H27N5O. The summed E-state index contributed by atoms with van der Waals surface area (Å²) in [5.41, 5.74) is 0. The molecule has 0 amide bonds. The van der Waals surface area contributed by atoms with E-state index in [9.17, 15) is 0 Å². The Morgan fingerprint density at radius 1 is 0.923 bits per heavy atom. The number of nitrogens with zero attached hydrogens (tertiary/aromatic N) is 5. The van der Waals surface area contributed by atoms with E-state index in [4.69, 9.17) is 4.74 Å². The van der Waals surface area contributed by atoms with Gasteiger partial charge in [-0.1, -0.05) is 18.2 Å². The fourth-order valence-corrected chi connectivity index (χ4v) is 3.77. The van der Waals surface area contributed by atoms with Gasteiger partial charge < -0.3 is 14.5 Å². The molecule has 1 aromatic carbocycles. The second-order valence-corrected chi connectivity index (χ2v) is 7.17. The highest BCUT2D eigenvalue weighted by atomic mass is 16.5. The van der Waals surface area contributed by atoms with Crippen molar-refractivity contribution in [2.24, 2.45) is 0 Å². The molecule has 3 heterocycles. The summed E-state index contributed by atoms with van der Waals surface area (Å²) in [6.45, 7) is 6.76. The molecule has 26 heavy (non-hydrogen) atoms. The molecule has 0 radical (unpaired) electrons. The molecule has 6 heteroatoms. The Balaban J connectivity index is 1.35. The molecule has 0 saturated carbocycles. The number of rotatable bonds is 4. The van der Waals surface area contributed by atoms with Gasteiger partial charge in [-0.05, 0) is 32.0 Å². The van der Waals surface area contributed by atoms with E-state index in [1.807, 2.05) is 36.4 Å². The third-order valence-electron chi connectivity index (χ3n) is 5.38. The molecule has 0 bridgehead atoms. The predicted octanol–water partition coefficient (Wildman–Crippen LogP) is 2.49. The van der Waals surface area contributed by atoms with Gasteiger partial charge in [0.15, 0.2) is 0 Å². The molecule has 2 saturated heterocycles. The molecule has 0 spiro atoms. The molecule has 2 aliphatic heterocycles. The summed E-state index contributed by atoms with van der Waals surface area (Å²) in [6.07, 6.45) is 4.14. The number of piperidine rings is 1. The van der Waals surface area contributed by atoms with Crippen molar-refractivity contribution in [3.05, 3.63) is 42.6 Å². The van der Waals surface area contributed by atoms with Crippen LogP contribution in [0.5, 0.6) is 11.6 Å². The van der Waals surface area contributed by atoms with E-state index >= 15 is 0 Å². The van der Waals surface area contributed by atoms with Crippen molar-refractivity contribution >= 4 is 5.95 Å². The largest absolute Gasteiger partial charge is 0.439 e. The normalized spacial score (nSPS) is 20.3. The molecule has 0 aliphatic carbocycles. The standard InChI is InChI=1S/C20H27N5O/c1-23-13-15-24(16-14-23)17-8-11-25(12-9-17)20-21-10-7-19(22-20)26-18-5-3-2-4-6-18/h2-7,10,17H,8-9,11-16H2,1H3. The molecule has 4 rings (SSSR count). The third-order valence-corrected chi connectivity index (χ3v) is 5.38. The summed E-state index contributed by atoms with van der Waals surface area (Å²) in [7, 11) is 2.21. The number of para-hydroxylation sites is 1. The Hall–Kier alpha value is -2.18. The van der Waals surface area contributed by atoms with Crippen molar-refractivity contribution in [1.29, 1.82) is 0 Å². The Bertz CT molecular complexity index is 694. The van der Waals surface area contributed by atoms with E-state index in [1.54, 1.807) is 6.20 Å². The minimum atomic E-state index is 0.599. The molecule has 6 nitrogen and oxygen atoms in total. The number of aromatic nitrogens is 2. The quantitative estimate of drug-likeness (QED) is 0.841. The molecule has 0 atom stereocenters. The molecule has 2 aromatic rings. The summed E-state index contributed by atoms with van der Waals surface area (Å²) in [4.78, 5) is 16.4. The van der Waals surface area contributed by atoms with E-state index in [2.05, 4.69) is 31.7 Å². The zero-order valence-corrected chi connectivity index (χ0v) is 15.4. The lowest BCUT2D eigenvalue weighted by Gasteiger charge is -2.42. The minimum Gasteiger partial charge on any atom is -0.439 e. The van der Waals surface area contributed by atoms with Crippen LogP contribution in [-0.4, -0.2) is 72.1 Å². The van der Waals surface area contributed by atoms with Crippen LogP contribution >= 0.6 is 0 Å². The number of hydrogen-bond donors (Lipinski definition) is 0. The lowest BCUT2D eigenvalue weighted by molar-refractivity contribution is 0.0980. The minimum absolute atomic E-state index is 0.599. The van der Waals surface area contributed by atoms with Gasteiger partial charge in [0.25, 0.3) is 0 Å². The van der Waals surface area contributed by atoms with Crippen LogP contribution in [-0.2, 0) is 0 Å². The van der Waals surface area contributed by atoms with E-state index < -0.39 is 0 Å². The molecule has 0 N–H and O–H groups in total. The Morgan fingerprint density at radius 2 is 1.65 bits per heavy atom. The zero-order chi connectivity index (χ0) is 17.8. The van der Waals surface area contributed by atoms with Crippen molar-refractivity contribution in [2.45, 2.75) is 18.9 Å². The van der Waals surface area contributed by atoms with Gasteiger partial charge in [0.05, 0.1) is 0 Å². The number of benzene rings is 1. The van der Waals surface area contributed by atoms with E-state index in [0.717, 1.165) is 24.8 Å². The van der Waals surface area contributed by atoms with Crippen LogP contribution in [0.4, 0.5) is 5.95 Å². The van der Waals surface area contributed by atoms with Gasteiger partial charge in [-0.2, -0.15) is 4.98 Å². The van der Waals surface area contributed by atoms with Crippen LogP contribution in [0, 0.1) is 0 Å². The van der Waals surface area contributed by atoms with E-state index in [1.165, 1.54) is 39.0 Å². The first kappa shape index (κ1) is 17.2. The third kappa shape index (κ3) is 4.14. The van der Waals surface area contributed by atoms with Crippen molar-refractivity contribution in [1.82, 2.24) is 19.8 Å². The molecule has 0 unspecified atom stereocenters. The van der Waals surface area contributed by atoms with Gasteiger partial charge in [-0.25, -0.2) is 4.98 Å². The van der Waals surface area contributed by atoms with Gasteiger partial charge in [0.1, 0.15) is 5.75 Å². The topological polar surface area (TPSA) is 44.7 Å². The van der Waals surface area contributed by atoms with Gasteiger partial charge in [-0.3, -0.25) is 4.90 Å². The fraction of sp³-hybridized carbons (Fsp3) is 0.500. The van der Waals surface area contributed by atoms with E-state index in [-0.39, 0.29) is 0 Å².